The molecular formula is C29H22N2O5. The minimum absolute atomic E-state index is 0.0124. The summed E-state index contributed by atoms with van der Waals surface area (Å²) < 4.78 is 6.15. The first-order chi connectivity index (χ1) is 17.4. The number of carbonyl (C=O) groups is 3. The Morgan fingerprint density at radius 2 is 1.69 bits per heavy atom. The number of imide groups is 2. The fraction of sp³-hybridized carbons (Fsp3) is 0.0690. The van der Waals surface area contributed by atoms with Gasteiger partial charge >= 0.3 is 6.03 Å². The monoisotopic (exact) mass is 478 g/mol. The number of anilines is 1. The van der Waals surface area contributed by atoms with Crippen LogP contribution in [0.15, 0.2) is 90.5 Å². The number of aryl methyl sites for hydroxylation is 1. The van der Waals surface area contributed by atoms with E-state index in [0.717, 1.165) is 26.8 Å². The van der Waals surface area contributed by atoms with E-state index in [2.05, 4.69) is 5.32 Å². The summed E-state index contributed by atoms with van der Waals surface area (Å²) in [5, 5.41) is 13.5. The van der Waals surface area contributed by atoms with Crippen LogP contribution in [0.2, 0.25) is 0 Å². The number of amides is 4. The second-order valence-corrected chi connectivity index (χ2v) is 8.45. The number of urea groups is 1. The number of rotatable bonds is 5. The molecule has 5 rings (SSSR count). The molecule has 0 aliphatic carbocycles. The third-order valence-electron chi connectivity index (χ3n) is 5.91. The Morgan fingerprint density at radius 3 is 2.47 bits per heavy atom. The van der Waals surface area contributed by atoms with Gasteiger partial charge in [0, 0.05) is 5.56 Å². The molecule has 1 heterocycles. The molecule has 1 aliphatic heterocycles. The third kappa shape index (κ3) is 4.42. The largest absolute Gasteiger partial charge is 0.508 e. The van der Waals surface area contributed by atoms with E-state index in [1.165, 1.54) is 30.3 Å². The second-order valence-electron chi connectivity index (χ2n) is 8.45. The van der Waals surface area contributed by atoms with Gasteiger partial charge in [-0.15, -0.1) is 0 Å². The molecule has 1 saturated heterocycles. The van der Waals surface area contributed by atoms with Gasteiger partial charge in [0.1, 0.15) is 23.7 Å². The van der Waals surface area contributed by atoms with Crippen molar-refractivity contribution in [3.05, 3.63) is 107 Å². The zero-order chi connectivity index (χ0) is 25.2. The van der Waals surface area contributed by atoms with E-state index in [0.29, 0.717) is 17.9 Å². The number of phenols is 1. The molecule has 0 radical (unpaired) electrons. The Bertz CT molecular complexity index is 1540. The van der Waals surface area contributed by atoms with Crippen molar-refractivity contribution in [2.75, 3.05) is 4.90 Å². The molecule has 1 aliphatic rings. The molecule has 0 bridgehead atoms. The number of aromatic hydroxyl groups is 1. The highest BCUT2D eigenvalue weighted by atomic mass is 16.5. The van der Waals surface area contributed by atoms with Crippen LogP contribution in [0.3, 0.4) is 0 Å². The highest BCUT2D eigenvalue weighted by Gasteiger charge is 2.37. The molecule has 7 nitrogen and oxygen atoms in total. The quantitative estimate of drug-likeness (QED) is 0.307. The van der Waals surface area contributed by atoms with E-state index in [9.17, 15) is 19.5 Å². The van der Waals surface area contributed by atoms with Crippen LogP contribution >= 0.6 is 0 Å². The van der Waals surface area contributed by atoms with Crippen LogP contribution in [-0.4, -0.2) is 23.0 Å². The van der Waals surface area contributed by atoms with E-state index in [1.54, 1.807) is 6.07 Å². The minimum Gasteiger partial charge on any atom is -0.508 e. The summed E-state index contributed by atoms with van der Waals surface area (Å²) in [5.41, 5.74) is 2.67. The number of ether oxygens (including phenoxy) is 1. The van der Waals surface area contributed by atoms with Crippen molar-refractivity contribution in [3.8, 4) is 11.5 Å². The summed E-state index contributed by atoms with van der Waals surface area (Å²) >= 11 is 0. The van der Waals surface area contributed by atoms with E-state index in [1.807, 2.05) is 61.5 Å². The maximum Gasteiger partial charge on any atom is 0.335 e. The van der Waals surface area contributed by atoms with Gasteiger partial charge in [0.2, 0.25) is 0 Å². The van der Waals surface area contributed by atoms with Crippen molar-refractivity contribution in [2.24, 2.45) is 0 Å². The van der Waals surface area contributed by atoms with Gasteiger partial charge in [-0.25, -0.2) is 9.69 Å². The molecule has 4 amide bonds. The van der Waals surface area contributed by atoms with Gasteiger partial charge in [0.15, 0.2) is 0 Å². The lowest BCUT2D eigenvalue weighted by Gasteiger charge is -2.26. The topological polar surface area (TPSA) is 95.9 Å². The highest BCUT2D eigenvalue weighted by Crippen LogP contribution is 2.32. The number of hydrogen-bond acceptors (Lipinski definition) is 5. The number of phenolic OH excluding ortho intramolecular Hbond substituents is 1. The van der Waals surface area contributed by atoms with Gasteiger partial charge in [-0.1, -0.05) is 60.2 Å². The van der Waals surface area contributed by atoms with Crippen molar-refractivity contribution < 1.29 is 24.2 Å². The van der Waals surface area contributed by atoms with E-state index >= 15 is 0 Å². The molecule has 4 aromatic carbocycles. The van der Waals surface area contributed by atoms with Crippen molar-refractivity contribution in [1.29, 1.82) is 0 Å². The molecule has 0 atom stereocenters. The van der Waals surface area contributed by atoms with Gasteiger partial charge in [0.25, 0.3) is 11.8 Å². The van der Waals surface area contributed by atoms with Crippen molar-refractivity contribution in [2.45, 2.75) is 13.5 Å². The van der Waals surface area contributed by atoms with Gasteiger partial charge in [-0.3, -0.25) is 14.9 Å². The predicted molar refractivity (Wildman–Crippen MR) is 137 cm³/mol. The molecule has 0 saturated carbocycles. The SMILES string of the molecule is Cc1cccc(COc2ccc3ccccc3c2/C=C2\C(=O)NC(=O)N(c3ccc(O)cc3)C2=O)c1. The molecule has 0 spiro atoms. The van der Waals surface area contributed by atoms with E-state index < -0.39 is 17.8 Å². The number of fused-ring (bicyclic) bond motifs is 1. The molecule has 0 unspecified atom stereocenters. The standard InChI is InChI=1S/C29H22N2O5/c1-18-5-4-6-19(15-18)17-36-26-14-9-20-7-2-3-8-23(20)24(26)16-25-27(33)30-29(35)31(28(25)34)21-10-12-22(32)13-11-21/h2-16,32H,17H2,1H3,(H,30,33,35)/b25-16+. The van der Waals surface area contributed by atoms with Gasteiger partial charge < -0.3 is 9.84 Å². The molecular weight excluding hydrogens is 456 g/mol. The first-order valence-electron chi connectivity index (χ1n) is 11.3. The van der Waals surface area contributed by atoms with Gasteiger partial charge in [-0.2, -0.15) is 0 Å². The van der Waals surface area contributed by atoms with Crippen LogP contribution in [0, 0.1) is 6.92 Å². The van der Waals surface area contributed by atoms with Crippen LogP contribution in [0.25, 0.3) is 16.8 Å². The summed E-state index contributed by atoms with van der Waals surface area (Å²) in [5.74, 6) is -1.08. The van der Waals surface area contributed by atoms with Crippen LogP contribution in [0.1, 0.15) is 16.7 Å². The Labute approximate surface area is 207 Å². The molecule has 2 N–H and O–H groups in total. The number of benzene rings is 4. The van der Waals surface area contributed by atoms with Crippen LogP contribution < -0.4 is 15.0 Å². The fourth-order valence-corrected chi connectivity index (χ4v) is 4.15. The average molecular weight is 479 g/mol. The zero-order valence-electron chi connectivity index (χ0n) is 19.4. The van der Waals surface area contributed by atoms with Gasteiger partial charge in [0.05, 0.1) is 5.69 Å². The van der Waals surface area contributed by atoms with Gasteiger partial charge in [-0.05, 0) is 59.7 Å². The Kier molecular flexibility index (Phi) is 5.96. The zero-order valence-corrected chi connectivity index (χ0v) is 19.4. The maximum absolute atomic E-state index is 13.4. The lowest BCUT2D eigenvalue weighted by Crippen LogP contribution is -2.54. The molecule has 1 fully saturated rings. The molecule has 0 aromatic heterocycles. The smallest absolute Gasteiger partial charge is 0.335 e. The normalized spacial score (nSPS) is 14.9. The fourth-order valence-electron chi connectivity index (χ4n) is 4.15. The summed E-state index contributed by atoms with van der Waals surface area (Å²) in [6, 6.07) is 24.0. The summed E-state index contributed by atoms with van der Waals surface area (Å²) in [6.45, 7) is 2.30. The Morgan fingerprint density at radius 1 is 0.917 bits per heavy atom. The number of barbiturate groups is 1. The summed E-state index contributed by atoms with van der Waals surface area (Å²) in [6.07, 6.45) is 1.46. The Balaban J connectivity index is 1.58. The first-order valence-corrected chi connectivity index (χ1v) is 11.3. The van der Waals surface area contributed by atoms with Crippen molar-refractivity contribution in [1.82, 2.24) is 5.32 Å². The number of nitrogens with zero attached hydrogens (tertiary/aromatic N) is 1. The first kappa shape index (κ1) is 22.9. The maximum atomic E-state index is 13.4. The lowest BCUT2D eigenvalue weighted by atomic mass is 9.99. The van der Waals surface area contributed by atoms with Crippen molar-refractivity contribution in [3.63, 3.8) is 0 Å². The number of nitrogens with one attached hydrogen (secondary N) is 1. The number of hydrogen-bond donors (Lipinski definition) is 2. The van der Waals surface area contributed by atoms with Crippen LogP contribution in [-0.2, 0) is 16.2 Å². The minimum atomic E-state index is -0.860. The summed E-state index contributed by atoms with van der Waals surface area (Å²) in [4.78, 5) is 39.5. The number of carbonyl (C=O) groups excluding carboxylic acids is 3. The second kappa shape index (κ2) is 9.38. The summed E-state index contributed by atoms with van der Waals surface area (Å²) in [7, 11) is 0. The van der Waals surface area contributed by atoms with Crippen LogP contribution in [0.5, 0.6) is 11.5 Å². The highest BCUT2D eigenvalue weighted by molar-refractivity contribution is 6.39. The lowest BCUT2D eigenvalue weighted by molar-refractivity contribution is -0.122. The molecule has 7 heteroatoms. The molecule has 4 aromatic rings. The van der Waals surface area contributed by atoms with Crippen molar-refractivity contribution >= 4 is 40.4 Å². The van der Waals surface area contributed by atoms with Crippen LogP contribution in [0.4, 0.5) is 10.5 Å². The third-order valence-corrected chi connectivity index (χ3v) is 5.91. The molecule has 36 heavy (non-hydrogen) atoms. The van der Waals surface area contributed by atoms with E-state index in [-0.39, 0.29) is 17.0 Å². The molecule has 178 valence electrons. The predicted octanol–water partition coefficient (Wildman–Crippen LogP) is 5.10. The Hall–Kier alpha value is -4.91. The average Bonchev–Trinajstić information content (AvgIpc) is 2.86. The van der Waals surface area contributed by atoms with E-state index in [4.69, 9.17) is 4.74 Å².